The van der Waals surface area contributed by atoms with Gasteiger partial charge in [-0.05, 0) is 46.6 Å². The summed E-state index contributed by atoms with van der Waals surface area (Å²) >= 11 is 3.32. The molecular formula is C13H12BrN3O2. The molecular weight excluding hydrogens is 310 g/mol. The van der Waals surface area contributed by atoms with Crippen LogP contribution in [0.3, 0.4) is 0 Å². The predicted octanol–water partition coefficient (Wildman–Crippen LogP) is 3.04. The molecule has 0 aliphatic rings. The lowest BCUT2D eigenvalue weighted by Gasteiger charge is -2.11. The van der Waals surface area contributed by atoms with Gasteiger partial charge in [0.15, 0.2) is 5.84 Å². The molecule has 5 nitrogen and oxygen atoms in total. The highest BCUT2D eigenvalue weighted by atomic mass is 79.9. The average molecular weight is 322 g/mol. The van der Waals surface area contributed by atoms with E-state index in [1.165, 1.54) is 0 Å². The molecule has 0 aliphatic carbocycles. The van der Waals surface area contributed by atoms with Crippen LogP contribution in [0, 0.1) is 6.92 Å². The number of aromatic nitrogens is 1. The average Bonchev–Trinajstić information content (AvgIpc) is 2.38. The number of pyridine rings is 1. The summed E-state index contributed by atoms with van der Waals surface area (Å²) in [4.78, 5) is 4.01. The van der Waals surface area contributed by atoms with Crippen LogP contribution in [0.25, 0.3) is 0 Å². The zero-order chi connectivity index (χ0) is 13.8. The third kappa shape index (κ3) is 3.23. The van der Waals surface area contributed by atoms with Crippen molar-refractivity contribution in [3.63, 3.8) is 0 Å². The molecule has 0 spiro atoms. The van der Waals surface area contributed by atoms with Crippen molar-refractivity contribution in [3.8, 4) is 11.5 Å². The topological polar surface area (TPSA) is 80.7 Å². The Morgan fingerprint density at radius 2 is 2.16 bits per heavy atom. The van der Waals surface area contributed by atoms with Crippen LogP contribution < -0.4 is 10.5 Å². The molecule has 3 N–H and O–H groups in total. The third-order valence-electron chi connectivity index (χ3n) is 2.43. The zero-order valence-corrected chi connectivity index (χ0v) is 11.8. The van der Waals surface area contributed by atoms with Crippen molar-refractivity contribution in [3.05, 3.63) is 52.3 Å². The van der Waals surface area contributed by atoms with Gasteiger partial charge in [0.2, 0.25) is 0 Å². The van der Waals surface area contributed by atoms with Gasteiger partial charge < -0.3 is 15.7 Å². The second-order valence-corrected chi connectivity index (χ2v) is 4.84. The lowest BCUT2D eigenvalue weighted by Crippen LogP contribution is -2.14. The normalized spacial score (nSPS) is 11.4. The molecule has 0 fully saturated rings. The van der Waals surface area contributed by atoms with Gasteiger partial charge in [-0.2, -0.15) is 0 Å². The lowest BCUT2D eigenvalue weighted by atomic mass is 10.1. The second-order valence-electron chi connectivity index (χ2n) is 3.93. The van der Waals surface area contributed by atoms with Gasteiger partial charge in [-0.15, -0.1) is 0 Å². The van der Waals surface area contributed by atoms with E-state index in [9.17, 15) is 0 Å². The molecule has 2 aromatic rings. The van der Waals surface area contributed by atoms with Gasteiger partial charge in [-0.3, -0.25) is 4.98 Å². The number of nitrogens with two attached hydrogens (primary N) is 1. The highest BCUT2D eigenvalue weighted by molar-refractivity contribution is 9.10. The minimum atomic E-state index is -0.00189. The van der Waals surface area contributed by atoms with Crippen LogP contribution >= 0.6 is 15.9 Å². The highest BCUT2D eigenvalue weighted by Crippen LogP contribution is 2.27. The molecule has 0 bridgehead atoms. The number of hydrogen-bond donors (Lipinski definition) is 2. The molecule has 98 valence electrons. The van der Waals surface area contributed by atoms with Crippen LogP contribution in [-0.4, -0.2) is 16.0 Å². The fourth-order valence-electron chi connectivity index (χ4n) is 1.55. The predicted molar refractivity (Wildman–Crippen MR) is 75.7 cm³/mol. The Balaban J connectivity index is 2.41. The first-order valence-electron chi connectivity index (χ1n) is 5.47. The molecule has 0 atom stereocenters. The van der Waals surface area contributed by atoms with Crippen LogP contribution in [0.2, 0.25) is 0 Å². The number of nitrogens with zero attached hydrogens (tertiary/aromatic N) is 2. The first-order valence-corrected chi connectivity index (χ1v) is 6.26. The van der Waals surface area contributed by atoms with E-state index in [1.807, 2.05) is 19.1 Å². The molecule has 0 amide bonds. The molecule has 2 rings (SSSR count). The number of rotatable bonds is 3. The van der Waals surface area contributed by atoms with Gasteiger partial charge in [0.25, 0.3) is 0 Å². The molecule has 0 unspecified atom stereocenters. The number of aryl methyl sites for hydroxylation is 1. The Kier molecular flexibility index (Phi) is 4.01. The van der Waals surface area contributed by atoms with Crippen LogP contribution in [-0.2, 0) is 0 Å². The SMILES string of the molecule is Cc1ccc(C(N)=NO)c(Oc2cncc(Br)c2)c1. The van der Waals surface area contributed by atoms with Gasteiger partial charge in [-0.1, -0.05) is 11.2 Å². The van der Waals surface area contributed by atoms with E-state index in [4.69, 9.17) is 15.7 Å². The van der Waals surface area contributed by atoms with Gasteiger partial charge in [0.1, 0.15) is 11.5 Å². The van der Waals surface area contributed by atoms with Gasteiger partial charge in [0, 0.05) is 10.7 Å². The minimum absolute atomic E-state index is 0.00189. The van der Waals surface area contributed by atoms with Crippen molar-refractivity contribution >= 4 is 21.8 Å². The summed E-state index contributed by atoms with van der Waals surface area (Å²) in [7, 11) is 0. The molecule has 0 saturated heterocycles. The summed E-state index contributed by atoms with van der Waals surface area (Å²) in [5.74, 6) is 1.07. The summed E-state index contributed by atoms with van der Waals surface area (Å²) in [6.45, 7) is 1.93. The van der Waals surface area contributed by atoms with Crippen LogP contribution in [0.15, 0.2) is 46.3 Å². The number of ether oxygens (including phenoxy) is 1. The zero-order valence-electron chi connectivity index (χ0n) is 10.2. The molecule has 1 heterocycles. The maximum absolute atomic E-state index is 8.78. The van der Waals surface area contributed by atoms with E-state index < -0.39 is 0 Å². The molecule has 0 saturated carbocycles. The van der Waals surface area contributed by atoms with E-state index in [0.29, 0.717) is 17.1 Å². The fraction of sp³-hybridized carbons (Fsp3) is 0.0769. The lowest BCUT2D eigenvalue weighted by molar-refractivity contribution is 0.318. The summed E-state index contributed by atoms with van der Waals surface area (Å²) in [5.41, 5.74) is 7.15. The minimum Gasteiger partial charge on any atom is -0.455 e. The first-order chi connectivity index (χ1) is 9.10. The Hall–Kier alpha value is -2.08. The second kappa shape index (κ2) is 5.71. The summed E-state index contributed by atoms with van der Waals surface area (Å²) < 4.78 is 6.54. The van der Waals surface area contributed by atoms with Crippen LogP contribution in [0.1, 0.15) is 11.1 Å². The van der Waals surface area contributed by atoms with Crippen molar-refractivity contribution in [2.24, 2.45) is 10.9 Å². The van der Waals surface area contributed by atoms with E-state index >= 15 is 0 Å². The molecule has 1 aromatic heterocycles. The van der Waals surface area contributed by atoms with Gasteiger partial charge in [-0.25, -0.2) is 0 Å². The van der Waals surface area contributed by atoms with Crippen molar-refractivity contribution in [1.82, 2.24) is 4.98 Å². The largest absolute Gasteiger partial charge is 0.455 e. The van der Waals surface area contributed by atoms with Crippen molar-refractivity contribution < 1.29 is 9.94 Å². The molecule has 1 aromatic carbocycles. The van der Waals surface area contributed by atoms with Crippen LogP contribution in [0.4, 0.5) is 0 Å². The van der Waals surface area contributed by atoms with Crippen molar-refractivity contribution in [2.45, 2.75) is 6.92 Å². The monoisotopic (exact) mass is 321 g/mol. The van der Waals surface area contributed by atoms with Crippen LogP contribution in [0.5, 0.6) is 11.5 Å². The Morgan fingerprint density at radius 3 is 2.84 bits per heavy atom. The van der Waals surface area contributed by atoms with Crippen molar-refractivity contribution in [1.29, 1.82) is 0 Å². The standard InChI is InChI=1S/C13H12BrN3O2/c1-8-2-3-11(13(15)17-18)12(4-8)19-10-5-9(14)6-16-7-10/h2-7,18H,1H3,(H2,15,17). The smallest absolute Gasteiger partial charge is 0.173 e. The van der Waals surface area contributed by atoms with E-state index in [2.05, 4.69) is 26.1 Å². The molecule has 6 heteroatoms. The molecule has 19 heavy (non-hydrogen) atoms. The third-order valence-corrected chi connectivity index (χ3v) is 2.86. The molecule has 0 aliphatic heterocycles. The number of benzene rings is 1. The number of hydrogen-bond acceptors (Lipinski definition) is 4. The quantitative estimate of drug-likeness (QED) is 0.394. The maximum atomic E-state index is 8.78. The van der Waals surface area contributed by atoms with E-state index in [1.54, 1.807) is 24.5 Å². The fourth-order valence-corrected chi connectivity index (χ4v) is 1.90. The summed E-state index contributed by atoms with van der Waals surface area (Å²) in [6, 6.07) is 7.20. The Bertz CT molecular complexity index is 629. The van der Waals surface area contributed by atoms with Gasteiger partial charge >= 0.3 is 0 Å². The first kappa shape index (κ1) is 13.4. The number of halogens is 1. The maximum Gasteiger partial charge on any atom is 0.173 e. The summed E-state index contributed by atoms with van der Waals surface area (Å²) in [5, 5.41) is 11.8. The molecule has 0 radical (unpaired) electrons. The Labute approximate surface area is 118 Å². The highest BCUT2D eigenvalue weighted by Gasteiger charge is 2.10. The Morgan fingerprint density at radius 1 is 1.37 bits per heavy atom. The number of oxime groups is 1. The summed E-state index contributed by atoms with van der Waals surface area (Å²) in [6.07, 6.45) is 3.25. The van der Waals surface area contributed by atoms with Crippen molar-refractivity contribution in [2.75, 3.05) is 0 Å². The van der Waals surface area contributed by atoms with E-state index in [0.717, 1.165) is 10.0 Å². The van der Waals surface area contributed by atoms with E-state index in [-0.39, 0.29) is 5.84 Å². The number of amidine groups is 1. The van der Waals surface area contributed by atoms with Gasteiger partial charge in [0.05, 0.1) is 11.8 Å².